The van der Waals surface area contributed by atoms with E-state index in [1.165, 1.54) is 11.0 Å². The van der Waals surface area contributed by atoms with E-state index >= 15 is 0 Å². The number of nitrogens with zero attached hydrogens (tertiary/aromatic N) is 1. The molecule has 1 unspecified atom stereocenters. The Balaban J connectivity index is 2.28. The van der Waals surface area contributed by atoms with Gasteiger partial charge >= 0.3 is 0 Å². The third-order valence-electron chi connectivity index (χ3n) is 3.48. The SMILES string of the molecule is CC(C)(Br)C(=O)C1CCCN(c2ccccc2F)C1=O. The number of ketones is 1. The molecule has 2 rings (SSSR count). The molecule has 1 aliphatic rings. The Hall–Kier alpha value is -1.23. The van der Waals surface area contributed by atoms with Gasteiger partial charge in [-0.3, -0.25) is 9.59 Å². The number of hydrogen-bond acceptors (Lipinski definition) is 2. The van der Waals surface area contributed by atoms with Crippen molar-refractivity contribution in [3.05, 3.63) is 30.1 Å². The van der Waals surface area contributed by atoms with Crippen LogP contribution in [0.4, 0.5) is 10.1 Å². The Morgan fingerprint density at radius 3 is 2.65 bits per heavy atom. The minimum atomic E-state index is -0.744. The summed E-state index contributed by atoms with van der Waals surface area (Å²) >= 11 is 3.30. The number of halogens is 2. The Labute approximate surface area is 126 Å². The summed E-state index contributed by atoms with van der Waals surface area (Å²) in [6, 6.07) is 6.16. The van der Waals surface area contributed by atoms with Crippen molar-refractivity contribution in [1.29, 1.82) is 0 Å². The normalized spacial score (nSPS) is 20.1. The molecule has 0 spiro atoms. The number of carbonyl (C=O) groups excluding carboxylic acids is 2. The van der Waals surface area contributed by atoms with E-state index in [4.69, 9.17) is 0 Å². The highest BCUT2D eigenvalue weighted by Gasteiger charge is 2.40. The highest BCUT2D eigenvalue weighted by Crippen LogP contribution is 2.31. The number of hydrogen-bond donors (Lipinski definition) is 0. The lowest BCUT2D eigenvalue weighted by Crippen LogP contribution is -2.48. The standard InChI is InChI=1S/C15H17BrFNO2/c1-15(2,16)13(19)10-6-5-9-18(14(10)20)12-8-4-3-7-11(12)17/h3-4,7-8,10H,5-6,9H2,1-2H3. The predicted molar refractivity (Wildman–Crippen MR) is 79.5 cm³/mol. The van der Waals surface area contributed by atoms with Gasteiger partial charge in [0.15, 0.2) is 5.78 Å². The van der Waals surface area contributed by atoms with E-state index in [1.54, 1.807) is 32.0 Å². The molecule has 0 N–H and O–H groups in total. The lowest BCUT2D eigenvalue weighted by atomic mass is 9.87. The molecule has 0 bridgehead atoms. The highest BCUT2D eigenvalue weighted by atomic mass is 79.9. The zero-order chi connectivity index (χ0) is 14.9. The molecule has 1 saturated heterocycles. The fourth-order valence-electron chi connectivity index (χ4n) is 2.44. The molecular formula is C15H17BrFNO2. The number of rotatable bonds is 3. The average molecular weight is 342 g/mol. The van der Waals surface area contributed by atoms with E-state index in [0.717, 1.165) is 0 Å². The number of Topliss-reactive ketones (excluding diaryl/α,β-unsaturated/α-hetero) is 1. The molecule has 1 heterocycles. The van der Waals surface area contributed by atoms with E-state index in [2.05, 4.69) is 15.9 Å². The molecule has 1 aromatic carbocycles. The molecule has 0 aromatic heterocycles. The van der Waals surface area contributed by atoms with E-state index in [0.29, 0.717) is 19.4 Å². The van der Waals surface area contributed by atoms with Crippen molar-refractivity contribution in [1.82, 2.24) is 0 Å². The second-order valence-corrected chi connectivity index (χ2v) is 7.46. The van der Waals surface area contributed by atoms with Gasteiger partial charge in [-0.25, -0.2) is 4.39 Å². The van der Waals surface area contributed by atoms with E-state index < -0.39 is 16.1 Å². The molecule has 20 heavy (non-hydrogen) atoms. The van der Waals surface area contributed by atoms with Gasteiger partial charge in [-0.05, 0) is 38.8 Å². The highest BCUT2D eigenvalue weighted by molar-refractivity contribution is 9.10. The van der Waals surface area contributed by atoms with Crippen LogP contribution in [-0.4, -0.2) is 22.6 Å². The number of anilines is 1. The lowest BCUT2D eigenvalue weighted by Gasteiger charge is -2.33. The van der Waals surface area contributed by atoms with E-state index in [1.807, 2.05) is 0 Å². The van der Waals surface area contributed by atoms with Crippen LogP contribution in [0.2, 0.25) is 0 Å². The van der Waals surface area contributed by atoms with Crippen LogP contribution in [0.25, 0.3) is 0 Å². The van der Waals surface area contributed by atoms with Crippen molar-refractivity contribution in [3.63, 3.8) is 0 Å². The molecule has 3 nitrogen and oxygen atoms in total. The van der Waals surface area contributed by atoms with Crippen LogP contribution in [-0.2, 0) is 9.59 Å². The maximum Gasteiger partial charge on any atom is 0.237 e. The van der Waals surface area contributed by atoms with Crippen LogP contribution < -0.4 is 4.90 Å². The third-order valence-corrected chi connectivity index (χ3v) is 3.88. The summed E-state index contributed by atoms with van der Waals surface area (Å²) in [5, 5.41) is 0. The molecule has 5 heteroatoms. The summed E-state index contributed by atoms with van der Waals surface area (Å²) in [6.45, 7) is 3.90. The smallest absolute Gasteiger partial charge is 0.237 e. The van der Waals surface area contributed by atoms with Gasteiger partial charge in [0.2, 0.25) is 5.91 Å². The second-order valence-electron chi connectivity index (χ2n) is 5.47. The van der Waals surface area contributed by atoms with Crippen molar-refractivity contribution in [2.75, 3.05) is 11.4 Å². The fraction of sp³-hybridized carbons (Fsp3) is 0.467. The monoisotopic (exact) mass is 341 g/mol. The van der Waals surface area contributed by atoms with Crippen LogP contribution in [0, 0.1) is 11.7 Å². The van der Waals surface area contributed by atoms with Crippen molar-refractivity contribution >= 4 is 33.3 Å². The number of piperidine rings is 1. The number of carbonyl (C=O) groups is 2. The predicted octanol–water partition coefficient (Wildman–Crippen LogP) is 3.31. The summed E-state index contributed by atoms with van der Waals surface area (Å²) in [6.07, 6.45) is 1.22. The van der Waals surface area contributed by atoms with Crippen LogP contribution in [0.5, 0.6) is 0 Å². The average Bonchev–Trinajstić information content (AvgIpc) is 2.38. The molecule has 1 aliphatic heterocycles. The summed E-state index contributed by atoms with van der Waals surface area (Å²) < 4.78 is 13.1. The van der Waals surface area contributed by atoms with E-state index in [-0.39, 0.29) is 17.4 Å². The summed E-state index contributed by atoms with van der Waals surface area (Å²) in [4.78, 5) is 26.2. The van der Waals surface area contributed by atoms with Gasteiger partial charge in [0, 0.05) is 6.54 Å². The summed E-state index contributed by atoms with van der Waals surface area (Å²) in [7, 11) is 0. The largest absolute Gasteiger partial charge is 0.309 e. The van der Waals surface area contributed by atoms with Gasteiger partial charge in [0.05, 0.1) is 15.9 Å². The van der Waals surface area contributed by atoms with E-state index in [9.17, 15) is 14.0 Å². The van der Waals surface area contributed by atoms with Gasteiger partial charge in [-0.2, -0.15) is 0 Å². The van der Waals surface area contributed by atoms with Crippen molar-refractivity contribution in [3.8, 4) is 0 Å². The Morgan fingerprint density at radius 2 is 2.05 bits per heavy atom. The van der Waals surface area contributed by atoms with Crippen molar-refractivity contribution < 1.29 is 14.0 Å². The van der Waals surface area contributed by atoms with Crippen LogP contribution in [0.15, 0.2) is 24.3 Å². The van der Waals surface area contributed by atoms with Gasteiger partial charge in [-0.1, -0.05) is 28.1 Å². The molecule has 0 saturated carbocycles. The molecule has 1 amide bonds. The summed E-state index contributed by atoms with van der Waals surface area (Å²) in [5.41, 5.74) is 0.252. The molecule has 0 radical (unpaired) electrons. The van der Waals surface area contributed by atoms with Crippen molar-refractivity contribution in [2.45, 2.75) is 31.0 Å². The minimum absolute atomic E-state index is 0.150. The topological polar surface area (TPSA) is 37.4 Å². The first-order valence-electron chi connectivity index (χ1n) is 6.61. The van der Waals surface area contributed by atoms with Gasteiger partial charge in [0.25, 0.3) is 0 Å². The van der Waals surface area contributed by atoms with Crippen LogP contribution >= 0.6 is 15.9 Å². The van der Waals surface area contributed by atoms with Gasteiger partial charge < -0.3 is 4.90 Å². The molecule has 1 aromatic rings. The van der Waals surface area contributed by atoms with Gasteiger partial charge in [0.1, 0.15) is 5.82 Å². The number of para-hydroxylation sites is 1. The molecule has 0 aliphatic carbocycles. The number of benzene rings is 1. The maximum absolute atomic E-state index is 13.8. The number of alkyl halides is 1. The Bertz CT molecular complexity index is 539. The molecule has 1 atom stereocenters. The summed E-state index contributed by atoms with van der Waals surface area (Å²) in [5.74, 6) is -1.59. The molecule has 1 fully saturated rings. The molecule has 108 valence electrons. The quantitative estimate of drug-likeness (QED) is 0.624. The Kier molecular flexibility index (Phi) is 4.28. The zero-order valence-electron chi connectivity index (χ0n) is 11.5. The first-order valence-corrected chi connectivity index (χ1v) is 7.41. The van der Waals surface area contributed by atoms with Gasteiger partial charge in [-0.15, -0.1) is 0 Å². The minimum Gasteiger partial charge on any atom is -0.309 e. The zero-order valence-corrected chi connectivity index (χ0v) is 13.1. The van der Waals surface area contributed by atoms with Crippen molar-refractivity contribution in [2.24, 2.45) is 5.92 Å². The first kappa shape index (κ1) is 15.2. The fourth-order valence-corrected chi connectivity index (χ4v) is 2.72. The molecular weight excluding hydrogens is 325 g/mol. The Morgan fingerprint density at radius 1 is 1.40 bits per heavy atom. The maximum atomic E-state index is 13.8. The second kappa shape index (κ2) is 5.64. The first-order chi connectivity index (χ1) is 9.32. The van der Waals surface area contributed by atoms with Crippen LogP contribution in [0.3, 0.4) is 0 Å². The lowest BCUT2D eigenvalue weighted by molar-refractivity contribution is -0.134. The number of amides is 1. The van der Waals surface area contributed by atoms with Crippen LogP contribution in [0.1, 0.15) is 26.7 Å². The third kappa shape index (κ3) is 2.92.